The molecule has 3 heterocycles. The van der Waals surface area contributed by atoms with E-state index in [-0.39, 0.29) is 18.5 Å². The van der Waals surface area contributed by atoms with Gasteiger partial charge in [-0.25, -0.2) is 0 Å². The monoisotopic (exact) mass is 395 g/mol. The summed E-state index contributed by atoms with van der Waals surface area (Å²) in [5, 5.41) is 16.7. The summed E-state index contributed by atoms with van der Waals surface area (Å²) in [5.74, 6) is 0.0113. The van der Waals surface area contributed by atoms with E-state index in [1.54, 1.807) is 4.68 Å². The molecule has 0 radical (unpaired) electrons. The van der Waals surface area contributed by atoms with Crippen molar-refractivity contribution in [2.75, 3.05) is 0 Å². The molecule has 3 aromatic rings. The molecule has 0 aliphatic heterocycles. The molecule has 0 aromatic carbocycles. The van der Waals surface area contributed by atoms with Crippen LogP contribution in [-0.2, 0) is 25.4 Å². The summed E-state index contributed by atoms with van der Waals surface area (Å²) in [5.41, 5.74) is 5.75. The normalized spacial score (nSPS) is 15.0. The van der Waals surface area contributed by atoms with Crippen LogP contribution < -0.4 is 5.32 Å². The van der Waals surface area contributed by atoms with Crippen LogP contribution in [0.2, 0.25) is 0 Å². The molecule has 1 saturated carbocycles. The van der Waals surface area contributed by atoms with Crippen LogP contribution in [0.15, 0.2) is 18.5 Å². The SMILES string of the molecule is Cc1c(-c2cc(-c3cnn(C)c3C)n(CC(=O)NC3CCCCC3)n2)cnn1C. The fraction of sp³-hybridized carbons (Fsp3) is 0.524. The Balaban J connectivity index is 1.66. The smallest absolute Gasteiger partial charge is 0.241 e. The van der Waals surface area contributed by atoms with Gasteiger partial charge < -0.3 is 5.32 Å². The number of carbonyl (C=O) groups is 1. The minimum Gasteiger partial charge on any atom is -0.352 e. The molecular weight excluding hydrogens is 366 g/mol. The third-order valence-corrected chi connectivity index (χ3v) is 6.07. The molecule has 1 amide bonds. The molecule has 4 rings (SSSR count). The minimum atomic E-state index is 0.0113. The Morgan fingerprint density at radius 2 is 1.66 bits per heavy atom. The van der Waals surface area contributed by atoms with E-state index in [1.807, 2.05) is 55.8 Å². The van der Waals surface area contributed by atoms with E-state index < -0.39 is 0 Å². The van der Waals surface area contributed by atoms with Crippen LogP contribution in [-0.4, -0.2) is 41.3 Å². The lowest BCUT2D eigenvalue weighted by Crippen LogP contribution is -2.38. The zero-order valence-corrected chi connectivity index (χ0v) is 17.6. The van der Waals surface area contributed by atoms with Gasteiger partial charge in [-0.1, -0.05) is 19.3 Å². The van der Waals surface area contributed by atoms with Crippen LogP contribution in [0.5, 0.6) is 0 Å². The van der Waals surface area contributed by atoms with E-state index in [4.69, 9.17) is 5.10 Å². The molecule has 3 aromatic heterocycles. The third-order valence-electron chi connectivity index (χ3n) is 6.07. The van der Waals surface area contributed by atoms with Gasteiger partial charge >= 0.3 is 0 Å². The van der Waals surface area contributed by atoms with E-state index >= 15 is 0 Å². The van der Waals surface area contributed by atoms with E-state index in [2.05, 4.69) is 15.5 Å². The van der Waals surface area contributed by atoms with Crippen molar-refractivity contribution < 1.29 is 4.79 Å². The molecule has 1 aliphatic rings. The van der Waals surface area contributed by atoms with Gasteiger partial charge in [-0.3, -0.25) is 18.8 Å². The molecule has 0 bridgehead atoms. The maximum absolute atomic E-state index is 12.8. The number of amides is 1. The predicted octanol–water partition coefficient (Wildman–Crippen LogP) is 2.75. The summed E-state index contributed by atoms with van der Waals surface area (Å²) >= 11 is 0. The van der Waals surface area contributed by atoms with E-state index in [1.165, 1.54) is 19.3 Å². The van der Waals surface area contributed by atoms with E-state index in [9.17, 15) is 4.79 Å². The highest BCUT2D eigenvalue weighted by molar-refractivity contribution is 5.78. The molecule has 29 heavy (non-hydrogen) atoms. The van der Waals surface area contributed by atoms with Crippen molar-refractivity contribution in [2.45, 2.75) is 58.5 Å². The number of aryl methyl sites for hydroxylation is 2. The predicted molar refractivity (Wildman–Crippen MR) is 111 cm³/mol. The maximum Gasteiger partial charge on any atom is 0.241 e. The highest BCUT2D eigenvalue weighted by atomic mass is 16.2. The number of nitrogens with zero attached hydrogens (tertiary/aromatic N) is 6. The van der Waals surface area contributed by atoms with Crippen LogP contribution in [0.4, 0.5) is 0 Å². The van der Waals surface area contributed by atoms with Crippen molar-refractivity contribution in [1.82, 2.24) is 34.7 Å². The second-order valence-electron chi connectivity index (χ2n) is 8.01. The first-order valence-electron chi connectivity index (χ1n) is 10.3. The Hall–Kier alpha value is -2.90. The van der Waals surface area contributed by atoms with Crippen molar-refractivity contribution in [3.05, 3.63) is 29.8 Å². The number of rotatable bonds is 5. The zero-order chi connectivity index (χ0) is 20.5. The molecule has 0 atom stereocenters. The van der Waals surface area contributed by atoms with Crippen LogP contribution in [0, 0.1) is 13.8 Å². The second-order valence-corrected chi connectivity index (χ2v) is 8.01. The fourth-order valence-electron chi connectivity index (χ4n) is 4.04. The quantitative estimate of drug-likeness (QED) is 0.720. The van der Waals surface area contributed by atoms with Gasteiger partial charge in [0, 0.05) is 42.7 Å². The molecule has 8 heteroatoms. The van der Waals surface area contributed by atoms with Gasteiger partial charge in [0.05, 0.1) is 23.8 Å². The largest absolute Gasteiger partial charge is 0.352 e. The van der Waals surface area contributed by atoms with E-state index in [0.717, 1.165) is 46.7 Å². The molecule has 0 unspecified atom stereocenters. The van der Waals surface area contributed by atoms with E-state index in [0.29, 0.717) is 0 Å². The Bertz CT molecular complexity index is 1020. The number of aromatic nitrogens is 6. The summed E-state index contributed by atoms with van der Waals surface area (Å²) in [7, 11) is 3.83. The summed E-state index contributed by atoms with van der Waals surface area (Å²) in [6, 6.07) is 2.32. The Kier molecular flexibility index (Phi) is 5.25. The number of carbonyl (C=O) groups excluding carboxylic acids is 1. The fourth-order valence-corrected chi connectivity index (χ4v) is 4.04. The van der Waals surface area contributed by atoms with Gasteiger partial charge in [0.1, 0.15) is 6.54 Å². The lowest BCUT2D eigenvalue weighted by Gasteiger charge is -2.22. The van der Waals surface area contributed by atoms with Crippen LogP contribution >= 0.6 is 0 Å². The summed E-state index contributed by atoms with van der Waals surface area (Å²) in [4.78, 5) is 12.8. The van der Waals surface area contributed by atoms with Crippen LogP contribution in [0.3, 0.4) is 0 Å². The lowest BCUT2D eigenvalue weighted by atomic mass is 9.95. The van der Waals surface area contributed by atoms with Gasteiger partial charge in [-0.05, 0) is 32.8 Å². The van der Waals surface area contributed by atoms with Crippen molar-refractivity contribution in [3.8, 4) is 22.5 Å². The first kappa shape index (κ1) is 19.4. The first-order chi connectivity index (χ1) is 13.9. The molecule has 8 nitrogen and oxygen atoms in total. The number of nitrogens with one attached hydrogen (secondary N) is 1. The van der Waals surface area contributed by atoms with Gasteiger partial charge in [0.15, 0.2) is 0 Å². The molecule has 1 fully saturated rings. The summed E-state index contributed by atoms with van der Waals surface area (Å²) in [6.07, 6.45) is 9.45. The second kappa shape index (κ2) is 7.85. The highest BCUT2D eigenvalue weighted by Gasteiger charge is 2.21. The number of hydrogen-bond donors (Lipinski definition) is 1. The lowest BCUT2D eigenvalue weighted by molar-refractivity contribution is -0.122. The standard InChI is InChI=1S/C21H29N7O/c1-14-17(11-22-26(14)3)19-10-20(18-12-23-27(4)15(18)2)28(25-19)13-21(29)24-16-8-6-5-7-9-16/h10-12,16H,5-9,13H2,1-4H3,(H,24,29). The third kappa shape index (κ3) is 3.83. The molecule has 0 spiro atoms. The minimum absolute atomic E-state index is 0.0113. The molecular formula is C21H29N7O. The summed E-state index contributed by atoms with van der Waals surface area (Å²) in [6.45, 7) is 4.24. The van der Waals surface area contributed by atoms with Gasteiger partial charge in [0.25, 0.3) is 0 Å². The highest BCUT2D eigenvalue weighted by Crippen LogP contribution is 2.29. The Morgan fingerprint density at radius 3 is 2.24 bits per heavy atom. The van der Waals surface area contributed by atoms with Crippen LogP contribution in [0.1, 0.15) is 43.5 Å². The van der Waals surface area contributed by atoms with Gasteiger partial charge in [-0.2, -0.15) is 15.3 Å². The van der Waals surface area contributed by atoms with Gasteiger partial charge in [-0.15, -0.1) is 0 Å². The van der Waals surface area contributed by atoms with Crippen molar-refractivity contribution in [2.24, 2.45) is 14.1 Å². The molecule has 154 valence electrons. The Labute approximate surface area is 170 Å². The van der Waals surface area contributed by atoms with Crippen molar-refractivity contribution >= 4 is 5.91 Å². The zero-order valence-electron chi connectivity index (χ0n) is 17.6. The molecule has 1 aliphatic carbocycles. The molecule has 1 N–H and O–H groups in total. The van der Waals surface area contributed by atoms with Gasteiger partial charge in [0.2, 0.25) is 5.91 Å². The van der Waals surface area contributed by atoms with Crippen molar-refractivity contribution in [1.29, 1.82) is 0 Å². The average Bonchev–Trinajstić information content (AvgIpc) is 3.35. The Morgan fingerprint density at radius 1 is 1.03 bits per heavy atom. The van der Waals surface area contributed by atoms with Crippen LogP contribution in [0.25, 0.3) is 22.5 Å². The first-order valence-corrected chi connectivity index (χ1v) is 10.3. The van der Waals surface area contributed by atoms with Crippen molar-refractivity contribution in [3.63, 3.8) is 0 Å². The average molecular weight is 396 g/mol. The molecule has 0 saturated heterocycles. The maximum atomic E-state index is 12.8. The number of hydrogen-bond acceptors (Lipinski definition) is 4. The topological polar surface area (TPSA) is 82.6 Å². The summed E-state index contributed by atoms with van der Waals surface area (Å²) < 4.78 is 5.47.